The molecule has 5 nitrogen and oxygen atoms in total. The highest BCUT2D eigenvalue weighted by Gasteiger charge is 2.11. The Labute approximate surface area is 192 Å². The minimum atomic E-state index is 0. The van der Waals surface area contributed by atoms with Crippen LogP contribution in [0.25, 0.3) is 11.4 Å². The molecule has 4 aromatic rings. The van der Waals surface area contributed by atoms with Crippen LogP contribution in [-0.4, -0.2) is 30.4 Å². The normalized spacial score (nSPS) is 10.8. The number of rotatable bonds is 7. The first kappa shape index (κ1) is 22.5. The summed E-state index contributed by atoms with van der Waals surface area (Å²) in [5.41, 5.74) is 5.88. The van der Waals surface area contributed by atoms with Gasteiger partial charge in [-0.2, -0.15) is 0 Å². The van der Waals surface area contributed by atoms with Gasteiger partial charge in [0.25, 0.3) is 0 Å². The van der Waals surface area contributed by atoms with Gasteiger partial charge in [-0.05, 0) is 54.1 Å². The van der Waals surface area contributed by atoms with Crippen LogP contribution >= 0.6 is 24.0 Å². The van der Waals surface area contributed by atoms with Crippen molar-refractivity contribution in [1.82, 2.24) is 9.97 Å². The number of aromatic amines is 2. The lowest BCUT2D eigenvalue weighted by atomic mass is 10.1. The summed E-state index contributed by atoms with van der Waals surface area (Å²) < 4.78 is 10.7. The fourth-order valence-corrected chi connectivity index (χ4v) is 3.32. The van der Waals surface area contributed by atoms with Crippen LogP contribution < -0.4 is 9.47 Å². The second kappa shape index (κ2) is 10.2. The average Bonchev–Trinajstić information content (AvgIpc) is 3.40. The van der Waals surface area contributed by atoms with Crippen molar-refractivity contribution in [1.29, 1.82) is 0 Å². The van der Waals surface area contributed by atoms with E-state index >= 15 is 0 Å². The molecule has 2 heterocycles. The van der Waals surface area contributed by atoms with Crippen molar-refractivity contribution in [3.8, 4) is 22.9 Å². The molecule has 0 amide bonds. The first-order chi connectivity index (χ1) is 14.6. The van der Waals surface area contributed by atoms with E-state index in [9.17, 15) is 0 Å². The molecule has 160 valence electrons. The Morgan fingerprint density at radius 1 is 0.871 bits per heavy atom. The summed E-state index contributed by atoms with van der Waals surface area (Å²) in [6.45, 7) is 0. The highest BCUT2D eigenvalue weighted by atomic mass is 35.5. The molecule has 31 heavy (non-hydrogen) atoms. The molecule has 2 N–H and O–H groups in total. The smallest absolute Gasteiger partial charge is 0.146 e. The first-order valence-electron chi connectivity index (χ1n) is 9.52. The van der Waals surface area contributed by atoms with Crippen LogP contribution in [0, 0.1) is 0 Å². The Bertz CT molecular complexity index is 1150. The van der Waals surface area contributed by atoms with E-state index in [1.807, 2.05) is 42.5 Å². The third kappa shape index (κ3) is 5.51. The zero-order valence-corrected chi connectivity index (χ0v) is 18.8. The van der Waals surface area contributed by atoms with Gasteiger partial charge in [0.2, 0.25) is 0 Å². The Hall–Kier alpha value is -3.15. The van der Waals surface area contributed by atoms with Crippen LogP contribution in [0.15, 0.2) is 71.7 Å². The number of nitrogens with one attached hydrogen (secondary N) is 2. The van der Waals surface area contributed by atoms with Crippen molar-refractivity contribution in [3.05, 3.63) is 88.7 Å². The molecule has 0 saturated carbocycles. The molecule has 0 atom stereocenters. The third-order valence-electron chi connectivity index (χ3n) is 4.79. The average molecular weight is 456 g/mol. The molecular formula is C24H23Cl2N3O2. The summed E-state index contributed by atoms with van der Waals surface area (Å²) >= 11 is 5.93. The van der Waals surface area contributed by atoms with Gasteiger partial charge in [0.05, 0.1) is 43.2 Å². The number of H-pyrrole nitrogens is 2. The van der Waals surface area contributed by atoms with Crippen LogP contribution in [0.5, 0.6) is 11.5 Å². The predicted molar refractivity (Wildman–Crippen MR) is 129 cm³/mol. The lowest BCUT2D eigenvalue weighted by Gasteiger charge is -2.02. The number of hydrogen-bond acceptors (Lipinski definition) is 3. The number of benzene rings is 2. The van der Waals surface area contributed by atoms with Gasteiger partial charge in [0, 0.05) is 23.2 Å². The molecule has 0 saturated heterocycles. The lowest BCUT2D eigenvalue weighted by molar-refractivity contribution is 0.414. The van der Waals surface area contributed by atoms with E-state index in [0.717, 1.165) is 46.4 Å². The molecule has 0 fully saturated rings. The summed E-state index contributed by atoms with van der Waals surface area (Å²) in [7, 11) is 3.32. The molecule has 0 aliphatic heterocycles. The summed E-state index contributed by atoms with van der Waals surface area (Å²) in [6.07, 6.45) is 2.57. The van der Waals surface area contributed by atoms with Gasteiger partial charge in [-0.3, -0.25) is 4.99 Å². The Morgan fingerprint density at radius 2 is 1.61 bits per heavy atom. The second-order valence-corrected chi connectivity index (χ2v) is 7.26. The quantitative estimate of drug-likeness (QED) is 0.314. The van der Waals surface area contributed by atoms with Gasteiger partial charge in [-0.15, -0.1) is 12.4 Å². The molecule has 0 spiro atoms. The second-order valence-electron chi connectivity index (χ2n) is 6.82. The molecular weight excluding hydrogens is 433 g/mol. The summed E-state index contributed by atoms with van der Waals surface area (Å²) in [4.78, 5) is 11.3. The number of methoxy groups -OCH3 is 2. The maximum absolute atomic E-state index is 5.93. The molecule has 0 aliphatic carbocycles. The van der Waals surface area contributed by atoms with E-state index in [2.05, 4.69) is 39.2 Å². The number of hydrogen-bond donors (Lipinski definition) is 2. The third-order valence-corrected chi connectivity index (χ3v) is 5.04. The van der Waals surface area contributed by atoms with Crippen LogP contribution in [0.3, 0.4) is 0 Å². The SMILES string of the molecule is COc1ccc(Cc2ccc(-c3cc(OC)c(C=Nc4ccc(Cl)cc4)[nH]3)[nH]2)cc1.Cl. The van der Waals surface area contributed by atoms with Gasteiger partial charge in [-0.1, -0.05) is 23.7 Å². The molecule has 0 bridgehead atoms. The fourth-order valence-electron chi connectivity index (χ4n) is 3.19. The van der Waals surface area contributed by atoms with Crippen molar-refractivity contribution in [2.45, 2.75) is 6.42 Å². The van der Waals surface area contributed by atoms with Gasteiger partial charge in [0.15, 0.2) is 0 Å². The minimum Gasteiger partial charge on any atom is -0.497 e. The van der Waals surface area contributed by atoms with Crippen LogP contribution in [0.4, 0.5) is 5.69 Å². The van der Waals surface area contributed by atoms with Crippen molar-refractivity contribution < 1.29 is 9.47 Å². The monoisotopic (exact) mass is 455 g/mol. The zero-order chi connectivity index (χ0) is 20.9. The van der Waals surface area contributed by atoms with Crippen LogP contribution in [-0.2, 0) is 6.42 Å². The highest BCUT2D eigenvalue weighted by molar-refractivity contribution is 6.30. The molecule has 2 aromatic heterocycles. The molecule has 0 radical (unpaired) electrons. The van der Waals surface area contributed by atoms with E-state index in [4.69, 9.17) is 21.1 Å². The standard InChI is InChI=1S/C24H22ClN3O2.ClH/c1-29-20-10-3-16(4-11-20)13-19-9-12-21(27-19)22-14-24(30-2)23(28-22)15-26-18-7-5-17(25)6-8-18;/h3-12,14-15,27-28H,13H2,1-2H3;1H. The van der Waals surface area contributed by atoms with E-state index < -0.39 is 0 Å². The zero-order valence-electron chi connectivity index (χ0n) is 17.2. The van der Waals surface area contributed by atoms with Crippen molar-refractivity contribution >= 4 is 35.9 Å². The highest BCUT2D eigenvalue weighted by Crippen LogP contribution is 2.27. The van der Waals surface area contributed by atoms with E-state index in [1.54, 1.807) is 20.4 Å². The van der Waals surface area contributed by atoms with Gasteiger partial charge in [-0.25, -0.2) is 0 Å². The number of nitrogens with zero attached hydrogens (tertiary/aromatic N) is 1. The number of ether oxygens (including phenoxy) is 2. The van der Waals surface area contributed by atoms with Crippen LogP contribution in [0.2, 0.25) is 5.02 Å². The first-order valence-corrected chi connectivity index (χ1v) is 9.90. The number of aliphatic imine (C=N–C) groups is 1. The maximum Gasteiger partial charge on any atom is 0.146 e. The predicted octanol–water partition coefficient (Wildman–Crippen LogP) is 6.44. The van der Waals surface area contributed by atoms with Crippen LogP contribution in [0.1, 0.15) is 17.0 Å². The van der Waals surface area contributed by atoms with E-state index in [1.165, 1.54) is 5.56 Å². The Balaban J connectivity index is 0.00000272. The summed E-state index contributed by atoms with van der Waals surface area (Å²) in [6, 6.07) is 21.6. The summed E-state index contributed by atoms with van der Waals surface area (Å²) in [5.74, 6) is 1.59. The lowest BCUT2D eigenvalue weighted by Crippen LogP contribution is -1.90. The molecule has 7 heteroatoms. The molecule has 2 aromatic carbocycles. The minimum absolute atomic E-state index is 0. The largest absolute Gasteiger partial charge is 0.497 e. The van der Waals surface area contributed by atoms with E-state index in [-0.39, 0.29) is 12.4 Å². The van der Waals surface area contributed by atoms with Gasteiger partial charge in [0.1, 0.15) is 11.5 Å². The van der Waals surface area contributed by atoms with Crippen molar-refractivity contribution in [3.63, 3.8) is 0 Å². The fraction of sp³-hybridized carbons (Fsp3) is 0.125. The van der Waals surface area contributed by atoms with Gasteiger partial charge >= 0.3 is 0 Å². The van der Waals surface area contributed by atoms with Crippen molar-refractivity contribution in [2.24, 2.45) is 4.99 Å². The Kier molecular flexibility index (Phi) is 7.45. The molecule has 0 unspecified atom stereocenters. The van der Waals surface area contributed by atoms with Gasteiger partial charge < -0.3 is 19.4 Å². The topological polar surface area (TPSA) is 62.4 Å². The van der Waals surface area contributed by atoms with Crippen molar-refractivity contribution in [2.75, 3.05) is 14.2 Å². The molecule has 4 rings (SSSR count). The van der Waals surface area contributed by atoms with E-state index in [0.29, 0.717) is 5.02 Å². The number of aromatic nitrogens is 2. The molecule has 0 aliphatic rings. The maximum atomic E-state index is 5.93. The summed E-state index contributed by atoms with van der Waals surface area (Å²) in [5, 5.41) is 0.686. The Morgan fingerprint density at radius 3 is 2.29 bits per heavy atom. The number of halogens is 2.